The van der Waals surface area contributed by atoms with E-state index in [2.05, 4.69) is 34.6 Å². The summed E-state index contributed by atoms with van der Waals surface area (Å²) in [6, 6.07) is 5.13. The number of hydrogen-bond acceptors (Lipinski definition) is 7. The van der Waals surface area contributed by atoms with Crippen LogP contribution in [0.3, 0.4) is 0 Å². The number of quaternary nitrogens is 1. The van der Waals surface area contributed by atoms with Crippen LogP contribution in [0, 0.1) is 5.21 Å². The smallest absolute Gasteiger partial charge is 0.196 e. The van der Waals surface area contributed by atoms with Gasteiger partial charge < -0.3 is 19.6 Å². The molecule has 2 aliphatic rings. The molecule has 5 rings (SSSR count). The molecule has 0 amide bonds. The number of pyridine rings is 1. The highest BCUT2D eigenvalue weighted by Gasteiger charge is 2.42. The fraction of sp³-hybridized carbons (Fsp3) is 0.522. The van der Waals surface area contributed by atoms with Crippen LogP contribution in [0.2, 0.25) is 25.7 Å². The summed E-state index contributed by atoms with van der Waals surface area (Å²) in [5.41, 5.74) is 3.26. The van der Waals surface area contributed by atoms with E-state index in [1.165, 1.54) is 0 Å². The normalized spacial score (nSPS) is 21.6. The summed E-state index contributed by atoms with van der Waals surface area (Å²) in [6.07, 6.45) is 8.90. The van der Waals surface area contributed by atoms with E-state index in [0.717, 1.165) is 41.5 Å². The molecule has 33 heavy (non-hydrogen) atoms. The van der Waals surface area contributed by atoms with Gasteiger partial charge in [0.2, 0.25) is 0 Å². The van der Waals surface area contributed by atoms with Gasteiger partial charge in [-0.2, -0.15) is 5.10 Å². The highest BCUT2D eigenvalue weighted by Crippen LogP contribution is 2.43. The lowest BCUT2D eigenvalue weighted by molar-refractivity contribution is 0.0616. The van der Waals surface area contributed by atoms with Gasteiger partial charge in [-0.15, -0.1) is 0 Å². The van der Waals surface area contributed by atoms with Gasteiger partial charge in [0.1, 0.15) is 0 Å². The molecule has 0 bridgehead atoms. The summed E-state index contributed by atoms with van der Waals surface area (Å²) in [4.78, 5) is 11.4. The Morgan fingerprint density at radius 2 is 2.03 bits per heavy atom. The SMILES string of the molecule is C[Si](C)(C)CCOC[N+]1([O-])CN(C2CCOCC2)c2nc(-c3cnn4ccncc34)ccc21. The molecule has 0 aromatic carbocycles. The Hall–Kier alpha value is -2.37. The maximum Gasteiger partial charge on any atom is 0.196 e. The Balaban J connectivity index is 1.47. The van der Waals surface area contributed by atoms with E-state index in [4.69, 9.17) is 14.5 Å². The second kappa shape index (κ2) is 8.77. The fourth-order valence-electron chi connectivity index (χ4n) is 4.53. The molecule has 2 aliphatic heterocycles. The lowest BCUT2D eigenvalue weighted by Gasteiger charge is -2.39. The Morgan fingerprint density at radius 3 is 2.82 bits per heavy atom. The summed E-state index contributed by atoms with van der Waals surface area (Å²) in [7, 11) is -1.21. The van der Waals surface area contributed by atoms with Crippen LogP contribution in [-0.2, 0) is 9.47 Å². The average Bonchev–Trinajstić information content (AvgIpc) is 3.36. The van der Waals surface area contributed by atoms with Gasteiger partial charge in [-0.05, 0) is 25.0 Å². The zero-order valence-electron chi connectivity index (χ0n) is 19.6. The molecular weight excluding hydrogens is 436 g/mol. The van der Waals surface area contributed by atoms with Crippen molar-refractivity contribution in [3.63, 3.8) is 0 Å². The average molecular weight is 469 g/mol. The van der Waals surface area contributed by atoms with Gasteiger partial charge in [-0.1, -0.05) is 19.6 Å². The van der Waals surface area contributed by atoms with E-state index in [-0.39, 0.29) is 12.8 Å². The number of anilines is 1. The molecule has 3 aromatic rings. The molecule has 0 spiro atoms. The van der Waals surface area contributed by atoms with Gasteiger partial charge in [-0.25, -0.2) is 9.50 Å². The molecule has 0 saturated carbocycles. The van der Waals surface area contributed by atoms with Crippen LogP contribution in [-0.4, -0.2) is 66.9 Å². The lowest BCUT2D eigenvalue weighted by atomic mass is 10.1. The number of hydrogen-bond donors (Lipinski definition) is 0. The Labute approximate surface area is 195 Å². The maximum absolute atomic E-state index is 14.0. The number of rotatable bonds is 7. The van der Waals surface area contributed by atoms with Crippen molar-refractivity contribution in [2.75, 3.05) is 38.1 Å². The monoisotopic (exact) mass is 468 g/mol. The number of aromatic nitrogens is 4. The highest BCUT2D eigenvalue weighted by atomic mass is 28.3. The van der Waals surface area contributed by atoms with Gasteiger partial charge >= 0.3 is 0 Å². The van der Waals surface area contributed by atoms with Crippen LogP contribution in [0.4, 0.5) is 11.5 Å². The summed E-state index contributed by atoms with van der Waals surface area (Å²) in [5, 5.41) is 18.4. The van der Waals surface area contributed by atoms with Gasteiger partial charge in [0.25, 0.3) is 0 Å². The van der Waals surface area contributed by atoms with Crippen LogP contribution in [0.15, 0.2) is 36.9 Å². The Bertz CT molecular complexity index is 1130. The quantitative estimate of drug-likeness (QED) is 0.225. The largest absolute Gasteiger partial charge is 0.624 e. The van der Waals surface area contributed by atoms with Gasteiger partial charge in [0.05, 0.1) is 30.2 Å². The van der Waals surface area contributed by atoms with Crippen LogP contribution in [0.1, 0.15) is 12.8 Å². The zero-order valence-corrected chi connectivity index (χ0v) is 20.6. The first-order valence-corrected chi connectivity index (χ1v) is 15.3. The zero-order chi connectivity index (χ0) is 23.1. The van der Waals surface area contributed by atoms with E-state index in [1.54, 1.807) is 23.1 Å². The third kappa shape index (κ3) is 4.53. The van der Waals surface area contributed by atoms with E-state index in [1.807, 2.05) is 18.3 Å². The second-order valence-electron chi connectivity index (χ2n) is 10.2. The number of nitrogens with zero attached hydrogens (tertiary/aromatic N) is 6. The molecule has 1 atom stereocenters. The van der Waals surface area contributed by atoms with Crippen molar-refractivity contribution in [3.8, 4) is 11.3 Å². The molecule has 5 heterocycles. The minimum absolute atomic E-state index is 0.110. The number of ether oxygens (including phenoxy) is 2. The molecule has 1 fully saturated rings. The van der Waals surface area contributed by atoms with Crippen LogP contribution in [0.5, 0.6) is 0 Å². The van der Waals surface area contributed by atoms with E-state index in [9.17, 15) is 5.21 Å². The Kier molecular flexibility index (Phi) is 5.96. The van der Waals surface area contributed by atoms with E-state index < -0.39 is 12.7 Å². The van der Waals surface area contributed by atoms with Gasteiger partial charge in [0, 0.05) is 51.4 Å². The van der Waals surface area contributed by atoms with E-state index >= 15 is 0 Å². The first-order valence-electron chi connectivity index (χ1n) is 11.6. The molecule has 0 N–H and O–H groups in total. The molecule has 1 saturated heterocycles. The minimum atomic E-state index is -1.21. The van der Waals surface area contributed by atoms with Crippen LogP contribution in [0.25, 0.3) is 16.8 Å². The third-order valence-corrected chi connectivity index (χ3v) is 8.18. The molecule has 0 radical (unpaired) electrons. The maximum atomic E-state index is 14.0. The van der Waals surface area contributed by atoms with Crippen molar-refractivity contribution in [3.05, 3.63) is 42.1 Å². The number of fused-ring (bicyclic) bond motifs is 2. The first-order chi connectivity index (χ1) is 15.8. The minimum Gasteiger partial charge on any atom is -0.624 e. The van der Waals surface area contributed by atoms with Crippen molar-refractivity contribution in [2.45, 2.75) is 44.6 Å². The predicted molar refractivity (Wildman–Crippen MR) is 132 cm³/mol. The summed E-state index contributed by atoms with van der Waals surface area (Å²) < 4.78 is 12.8. The molecule has 9 nitrogen and oxygen atoms in total. The molecule has 0 aliphatic carbocycles. The van der Waals surface area contributed by atoms with E-state index in [0.29, 0.717) is 32.2 Å². The van der Waals surface area contributed by atoms with Gasteiger partial charge in [-0.3, -0.25) is 9.63 Å². The van der Waals surface area contributed by atoms with Crippen molar-refractivity contribution in [2.24, 2.45) is 0 Å². The van der Waals surface area contributed by atoms with Gasteiger partial charge in [0.15, 0.2) is 24.9 Å². The number of hydroxylamine groups is 2. The summed E-state index contributed by atoms with van der Waals surface area (Å²) in [5.74, 6) is 0.756. The van der Waals surface area contributed by atoms with Crippen LogP contribution < -0.4 is 9.55 Å². The lowest BCUT2D eigenvalue weighted by Crippen LogP contribution is -2.50. The van der Waals surface area contributed by atoms with Crippen molar-refractivity contribution >= 4 is 25.1 Å². The highest BCUT2D eigenvalue weighted by molar-refractivity contribution is 6.76. The summed E-state index contributed by atoms with van der Waals surface area (Å²) >= 11 is 0. The van der Waals surface area contributed by atoms with Crippen molar-refractivity contribution in [1.82, 2.24) is 24.2 Å². The predicted octanol–water partition coefficient (Wildman–Crippen LogP) is 3.87. The molecule has 10 heteroatoms. The van der Waals surface area contributed by atoms with Crippen molar-refractivity contribution in [1.29, 1.82) is 0 Å². The standard InChI is InChI=1S/C23H32N6O3Si/c1-33(2,3)13-12-32-17-29(30)16-27(18-6-10-31-11-7-18)23-22(29)5-4-20(26-23)19-14-25-28-9-8-24-15-21(19)28/h4-5,8-9,14-15,18H,6-7,10-13,16-17H2,1-3H3. The van der Waals surface area contributed by atoms with Crippen molar-refractivity contribution < 1.29 is 9.47 Å². The molecule has 1 unspecified atom stereocenters. The molecule has 176 valence electrons. The summed E-state index contributed by atoms with van der Waals surface area (Å²) in [6.45, 7) is 9.43. The third-order valence-electron chi connectivity index (χ3n) is 6.47. The Morgan fingerprint density at radius 1 is 1.21 bits per heavy atom. The fourth-order valence-corrected chi connectivity index (χ4v) is 5.28. The first kappa shape index (κ1) is 22.4. The molecular formula is C23H32N6O3Si. The van der Waals surface area contributed by atoms with Crippen LogP contribution >= 0.6 is 0 Å². The molecule has 3 aromatic heterocycles. The topological polar surface area (TPSA) is 87.8 Å². The second-order valence-corrected chi connectivity index (χ2v) is 15.8.